The molecule has 0 aliphatic carbocycles. The van der Waals surface area contributed by atoms with Crippen LogP contribution in [0, 0.1) is 12.7 Å². The SMILES string of the molecule is COc1ccc(C(C)(C)c2nnc(SCCOc3cccc(-n4ccnc4C)c3)n2-c2ccc(F)cc2)cc1OC. The molecule has 0 amide bonds. The van der Waals surface area contributed by atoms with E-state index in [1.54, 1.807) is 32.5 Å². The molecule has 0 atom stereocenters. The van der Waals surface area contributed by atoms with Gasteiger partial charge in [-0.3, -0.25) is 4.57 Å². The van der Waals surface area contributed by atoms with Crippen molar-refractivity contribution in [2.45, 2.75) is 31.3 Å². The Kier molecular flexibility index (Phi) is 8.30. The molecule has 5 aromatic rings. The normalized spacial score (nSPS) is 11.5. The summed E-state index contributed by atoms with van der Waals surface area (Å²) in [5, 5.41) is 9.86. The predicted molar refractivity (Wildman–Crippen MR) is 158 cm³/mol. The molecule has 2 heterocycles. The van der Waals surface area contributed by atoms with Crippen LogP contribution in [0.3, 0.4) is 0 Å². The van der Waals surface area contributed by atoms with E-state index < -0.39 is 5.41 Å². The summed E-state index contributed by atoms with van der Waals surface area (Å²) in [7, 11) is 3.22. The molecule has 0 saturated heterocycles. The zero-order valence-electron chi connectivity index (χ0n) is 23.7. The number of hydrogen-bond acceptors (Lipinski definition) is 7. The van der Waals surface area contributed by atoms with E-state index >= 15 is 0 Å². The predicted octanol–water partition coefficient (Wildman–Crippen LogP) is 6.41. The van der Waals surface area contributed by atoms with Crippen LogP contribution < -0.4 is 14.2 Å². The molecule has 0 unspecified atom stereocenters. The molecule has 0 spiro atoms. The Morgan fingerprint density at radius 1 is 0.902 bits per heavy atom. The minimum Gasteiger partial charge on any atom is -0.493 e. The van der Waals surface area contributed by atoms with Gasteiger partial charge in [0, 0.05) is 29.9 Å². The number of benzene rings is 3. The van der Waals surface area contributed by atoms with Gasteiger partial charge >= 0.3 is 0 Å². The number of thioether (sulfide) groups is 1. The van der Waals surface area contributed by atoms with Gasteiger partial charge in [0.15, 0.2) is 16.7 Å². The summed E-state index contributed by atoms with van der Waals surface area (Å²) >= 11 is 1.53. The zero-order valence-corrected chi connectivity index (χ0v) is 24.5. The first-order chi connectivity index (χ1) is 19.8. The summed E-state index contributed by atoms with van der Waals surface area (Å²) in [6.45, 7) is 6.57. The van der Waals surface area contributed by atoms with Crippen LogP contribution in [0.15, 0.2) is 84.3 Å². The third-order valence-corrected chi connectivity index (χ3v) is 7.78. The second-order valence-electron chi connectivity index (χ2n) is 9.85. The average molecular weight is 574 g/mol. The molecular weight excluding hydrogens is 541 g/mol. The van der Waals surface area contributed by atoms with Crippen LogP contribution in [0.2, 0.25) is 0 Å². The average Bonchev–Trinajstić information content (AvgIpc) is 3.62. The number of rotatable bonds is 11. The highest BCUT2D eigenvalue weighted by Gasteiger charge is 2.32. The summed E-state index contributed by atoms with van der Waals surface area (Å²) in [6, 6.07) is 20.1. The van der Waals surface area contributed by atoms with Crippen molar-refractivity contribution < 1.29 is 18.6 Å². The molecule has 0 aliphatic rings. The van der Waals surface area contributed by atoms with E-state index in [1.807, 2.05) is 64.7 Å². The van der Waals surface area contributed by atoms with Crippen molar-refractivity contribution in [3.63, 3.8) is 0 Å². The van der Waals surface area contributed by atoms with Gasteiger partial charge < -0.3 is 18.8 Å². The fourth-order valence-electron chi connectivity index (χ4n) is 4.61. The third kappa shape index (κ3) is 5.92. The summed E-state index contributed by atoms with van der Waals surface area (Å²) in [5.41, 5.74) is 2.16. The second-order valence-corrected chi connectivity index (χ2v) is 10.9. The molecule has 8 nitrogen and oxygen atoms in total. The van der Waals surface area contributed by atoms with E-state index in [0.717, 1.165) is 28.5 Å². The van der Waals surface area contributed by atoms with Gasteiger partial charge in [0.25, 0.3) is 0 Å². The van der Waals surface area contributed by atoms with Crippen LogP contribution in [-0.2, 0) is 5.41 Å². The Hall–Kier alpha value is -4.31. The molecule has 0 N–H and O–H groups in total. The van der Waals surface area contributed by atoms with Gasteiger partial charge in [-0.25, -0.2) is 9.37 Å². The largest absolute Gasteiger partial charge is 0.493 e. The maximum atomic E-state index is 13.8. The molecule has 10 heteroatoms. The van der Waals surface area contributed by atoms with Gasteiger partial charge in [0.05, 0.1) is 31.9 Å². The lowest BCUT2D eigenvalue weighted by Crippen LogP contribution is -2.24. The molecule has 2 aromatic heterocycles. The van der Waals surface area contributed by atoms with Gasteiger partial charge in [0.1, 0.15) is 23.2 Å². The molecule has 3 aromatic carbocycles. The number of ether oxygens (including phenoxy) is 3. The minimum absolute atomic E-state index is 0.307. The summed E-state index contributed by atoms with van der Waals surface area (Å²) in [6.07, 6.45) is 3.70. The zero-order chi connectivity index (χ0) is 29.0. The van der Waals surface area contributed by atoms with Crippen molar-refractivity contribution in [2.75, 3.05) is 26.6 Å². The Bertz CT molecular complexity index is 1630. The van der Waals surface area contributed by atoms with E-state index in [9.17, 15) is 4.39 Å². The number of hydrogen-bond donors (Lipinski definition) is 0. The highest BCUT2D eigenvalue weighted by molar-refractivity contribution is 7.99. The number of aromatic nitrogens is 5. The number of nitrogens with zero attached hydrogens (tertiary/aromatic N) is 5. The van der Waals surface area contributed by atoms with Gasteiger partial charge in [-0.15, -0.1) is 10.2 Å². The Balaban J connectivity index is 1.38. The van der Waals surface area contributed by atoms with Crippen LogP contribution in [0.1, 0.15) is 31.1 Å². The van der Waals surface area contributed by atoms with Gasteiger partial charge in [-0.2, -0.15) is 0 Å². The van der Waals surface area contributed by atoms with Gasteiger partial charge in [-0.1, -0.05) is 23.9 Å². The van der Waals surface area contributed by atoms with Gasteiger partial charge in [0.2, 0.25) is 0 Å². The first-order valence-electron chi connectivity index (χ1n) is 13.1. The first kappa shape index (κ1) is 28.2. The van der Waals surface area contributed by atoms with Crippen LogP contribution in [0.5, 0.6) is 17.2 Å². The van der Waals surface area contributed by atoms with Crippen molar-refractivity contribution in [3.05, 3.63) is 102 Å². The molecule has 0 fully saturated rings. The Morgan fingerprint density at radius 3 is 2.39 bits per heavy atom. The maximum Gasteiger partial charge on any atom is 0.195 e. The molecule has 212 valence electrons. The molecule has 41 heavy (non-hydrogen) atoms. The summed E-state index contributed by atoms with van der Waals surface area (Å²) in [5.74, 6) is 3.99. The van der Waals surface area contributed by atoms with Crippen LogP contribution in [-0.4, -0.2) is 50.9 Å². The number of methoxy groups -OCH3 is 2. The van der Waals surface area contributed by atoms with E-state index in [4.69, 9.17) is 14.2 Å². The molecule has 0 aliphatic heterocycles. The number of halogens is 1. The highest BCUT2D eigenvalue weighted by atomic mass is 32.2. The topological polar surface area (TPSA) is 76.2 Å². The van der Waals surface area contributed by atoms with E-state index in [1.165, 1.54) is 23.9 Å². The first-order valence-corrected chi connectivity index (χ1v) is 14.1. The van der Waals surface area contributed by atoms with Gasteiger partial charge in [-0.05, 0) is 74.9 Å². The van der Waals surface area contributed by atoms with Crippen molar-refractivity contribution in [2.24, 2.45) is 0 Å². The smallest absolute Gasteiger partial charge is 0.195 e. The molecule has 0 saturated carbocycles. The van der Waals surface area contributed by atoms with Crippen molar-refractivity contribution in [1.29, 1.82) is 0 Å². The standard InChI is InChI=1S/C31H32FN5O3S/c1-21-33-15-16-36(21)25-7-6-8-26(20-25)40-17-18-41-30-35-34-29(37(30)24-12-10-23(32)11-13-24)31(2,3)22-9-14-27(38-4)28(19-22)39-5/h6-16,19-20H,17-18H2,1-5H3. The fourth-order valence-corrected chi connectivity index (χ4v) is 5.38. The van der Waals surface area contributed by atoms with Crippen molar-refractivity contribution in [1.82, 2.24) is 24.3 Å². The lowest BCUT2D eigenvalue weighted by atomic mass is 9.83. The van der Waals surface area contributed by atoms with Crippen molar-refractivity contribution >= 4 is 11.8 Å². The van der Waals surface area contributed by atoms with Crippen molar-refractivity contribution in [3.8, 4) is 28.6 Å². The lowest BCUT2D eigenvalue weighted by Gasteiger charge is -2.26. The molecule has 0 bridgehead atoms. The van der Waals surface area contributed by atoms with E-state index in [-0.39, 0.29) is 5.82 Å². The third-order valence-electron chi connectivity index (χ3n) is 6.89. The van der Waals surface area contributed by atoms with E-state index in [0.29, 0.717) is 34.8 Å². The molecule has 5 rings (SSSR count). The lowest BCUT2D eigenvalue weighted by molar-refractivity contribution is 0.343. The summed E-state index contributed by atoms with van der Waals surface area (Å²) < 4.78 is 34.9. The van der Waals surface area contributed by atoms with Crippen LogP contribution >= 0.6 is 11.8 Å². The summed E-state index contributed by atoms with van der Waals surface area (Å²) in [4.78, 5) is 4.30. The minimum atomic E-state index is -0.567. The monoisotopic (exact) mass is 573 g/mol. The Morgan fingerprint density at radius 2 is 1.68 bits per heavy atom. The highest BCUT2D eigenvalue weighted by Crippen LogP contribution is 2.38. The van der Waals surface area contributed by atoms with Crippen LogP contribution in [0.25, 0.3) is 11.4 Å². The van der Waals surface area contributed by atoms with E-state index in [2.05, 4.69) is 29.0 Å². The maximum absolute atomic E-state index is 13.8. The molecule has 0 radical (unpaired) electrons. The van der Waals surface area contributed by atoms with Crippen LogP contribution in [0.4, 0.5) is 4.39 Å². The second kappa shape index (κ2) is 12.1. The number of imidazole rings is 1. The number of aryl methyl sites for hydroxylation is 1. The fraction of sp³-hybridized carbons (Fsp3) is 0.258. The quantitative estimate of drug-likeness (QED) is 0.133. The Labute approximate surface area is 243 Å². The molecular formula is C31H32FN5O3S.